The van der Waals surface area contributed by atoms with Crippen LogP contribution in [0, 0.1) is 0 Å². The van der Waals surface area contributed by atoms with Gasteiger partial charge in [-0.05, 0) is 117 Å². The lowest BCUT2D eigenvalue weighted by molar-refractivity contribution is -0.438. The van der Waals surface area contributed by atoms with Crippen LogP contribution in [-0.4, -0.2) is 158 Å². The average molecular weight is 1220 g/mol. The summed E-state index contributed by atoms with van der Waals surface area (Å²) >= 11 is 0. The highest BCUT2D eigenvalue weighted by Gasteiger charge is 2.49. The van der Waals surface area contributed by atoms with Crippen molar-refractivity contribution in [3.63, 3.8) is 0 Å². The molecular formula is C53H62N2O21S5-4. The third kappa shape index (κ3) is 15.7. The standard InChI is InChI=1S/C53H66N2O21S5/c1-5-54-43-20-18-39-41(33-37(78(61,62)63)35-45(39)80(67,68)69)50(43)52(2,22-14-32-77(58,59)60)47(54)15-10-7-6-8-11-16-48-53(3,23-25-74-28-29-76-31-30-75-27-26-73-4)51-42-34-38(79(64,65)66)36-46(81(70,71)72)40(42)19-21-44(51)55(48)24-13-9-12-17-49(56)57/h6-8,10-11,15-16,18-21,33-36H,5,9,12-14,17,22-32H2,1-4H3,(H5-,56,57,58,59,60,61,62,63,64,65,66,67,68,69,70,71,72)/p-4. The van der Waals surface area contributed by atoms with Gasteiger partial charge < -0.3 is 51.7 Å². The second-order valence-electron chi connectivity index (χ2n) is 19.5. The Balaban J connectivity index is 1.43. The molecule has 2 unspecified atom stereocenters. The maximum absolute atomic E-state index is 12.7. The van der Waals surface area contributed by atoms with E-state index < -0.39 is 92.7 Å². The minimum Gasteiger partial charge on any atom is -0.748 e. The monoisotopic (exact) mass is 1220 g/mol. The van der Waals surface area contributed by atoms with Crippen LogP contribution in [0.15, 0.2) is 116 Å². The van der Waals surface area contributed by atoms with E-state index in [1.807, 2.05) is 11.5 Å². The predicted octanol–water partition coefficient (Wildman–Crippen LogP) is 5.37. The van der Waals surface area contributed by atoms with Gasteiger partial charge in [0.25, 0.3) is 0 Å². The number of likely N-dealkylation sites (N-methyl/N-ethyl adjacent to an activating group) is 1. The van der Waals surface area contributed by atoms with Crippen LogP contribution in [0.2, 0.25) is 0 Å². The zero-order chi connectivity index (χ0) is 59.8. The predicted molar refractivity (Wildman–Crippen MR) is 292 cm³/mol. The maximum Gasteiger partial charge on any atom is 0.303 e. The van der Waals surface area contributed by atoms with Gasteiger partial charge in [0, 0.05) is 78.7 Å². The molecule has 2 aliphatic heterocycles. The number of allylic oxidation sites excluding steroid dienone is 8. The number of nitrogens with zero attached hydrogens (tertiary/aromatic N) is 2. The summed E-state index contributed by atoms with van der Waals surface area (Å²) in [4.78, 5) is 9.40. The fraction of sp³-hybridized carbons (Fsp3) is 0.434. The first-order valence-corrected chi connectivity index (χ1v) is 32.7. The molecule has 28 heteroatoms. The van der Waals surface area contributed by atoms with E-state index in [0.29, 0.717) is 79.6 Å². The molecule has 0 saturated heterocycles. The fourth-order valence-corrected chi connectivity index (χ4v) is 13.7. The molecule has 2 aliphatic rings. The van der Waals surface area contributed by atoms with Gasteiger partial charge in [0.05, 0.1) is 74.8 Å². The lowest BCUT2D eigenvalue weighted by Gasteiger charge is -2.30. The molecule has 0 aromatic heterocycles. The Kier molecular flexibility index (Phi) is 21.2. The number of benzene rings is 4. The Morgan fingerprint density at radius 2 is 1.14 bits per heavy atom. The van der Waals surface area contributed by atoms with Gasteiger partial charge in [-0.3, -0.25) is 4.79 Å². The second kappa shape index (κ2) is 26.5. The van der Waals surface area contributed by atoms with Crippen LogP contribution in [0.3, 0.4) is 0 Å². The van der Waals surface area contributed by atoms with Gasteiger partial charge in [-0.1, -0.05) is 36.4 Å². The van der Waals surface area contributed by atoms with Crippen LogP contribution in [0.25, 0.3) is 21.5 Å². The normalized spacial score (nSPS) is 18.7. The molecule has 1 N–H and O–H groups in total. The van der Waals surface area contributed by atoms with E-state index in [9.17, 15) is 74.8 Å². The van der Waals surface area contributed by atoms with Crippen molar-refractivity contribution >= 4 is 95.2 Å². The van der Waals surface area contributed by atoms with Crippen molar-refractivity contribution in [1.82, 2.24) is 0 Å². The van der Waals surface area contributed by atoms with E-state index in [1.165, 1.54) is 18.2 Å². The SMILES string of the molecule is CCN1C(=CC=CC=CC=CC2=[N+](CCCCCC(=O)O)c3ccc4c(S(=O)(=O)[O-])cc(S(=O)(=O)[O-])cc4c3C2(C)CCOCCOCCOCCOC)C(C)(CCCS(=O)(=O)[O-])c2c1ccc1c(S(=O)(=O)[O-])cc(S(=O)(=O)[O-])cc21. The molecule has 444 valence electrons. The molecule has 6 rings (SSSR count). The minimum atomic E-state index is -5.36. The first-order valence-electron chi connectivity index (χ1n) is 25.5. The highest BCUT2D eigenvalue weighted by atomic mass is 32.2. The van der Waals surface area contributed by atoms with E-state index in [4.69, 9.17) is 18.9 Å². The molecule has 0 spiro atoms. The summed E-state index contributed by atoms with van der Waals surface area (Å²) in [6.07, 6.45) is 12.8. The van der Waals surface area contributed by atoms with Crippen LogP contribution in [0.5, 0.6) is 0 Å². The smallest absolute Gasteiger partial charge is 0.303 e. The number of fused-ring (bicyclic) bond motifs is 6. The van der Waals surface area contributed by atoms with E-state index >= 15 is 0 Å². The van der Waals surface area contributed by atoms with Crippen molar-refractivity contribution in [2.75, 3.05) is 77.1 Å². The van der Waals surface area contributed by atoms with Gasteiger partial charge in [0.15, 0.2) is 5.71 Å². The zero-order valence-electron chi connectivity index (χ0n) is 44.7. The molecule has 4 aromatic carbocycles. The number of unbranched alkanes of at least 4 members (excludes halogenated alkanes) is 2. The first-order chi connectivity index (χ1) is 37.9. The number of hydrogen-bond donors (Lipinski definition) is 1. The summed E-state index contributed by atoms with van der Waals surface area (Å²) in [6.45, 7) is 7.66. The van der Waals surface area contributed by atoms with Gasteiger partial charge in [-0.25, -0.2) is 42.1 Å². The number of anilines is 1. The van der Waals surface area contributed by atoms with Crippen molar-refractivity contribution in [2.24, 2.45) is 0 Å². The highest BCUT2D eigenvalue weighted by molar-refractivity contribution is 7.87. The molecule has 0 fully saturated rings. The second-order valence-corrected chi connectivity index (χ2v) is 26.5. The molecule has 0 amide bonds. The largest absolute Gasteiger partial charge is 0.748 e. The molecule has 2 heterocycles. The fourth-order valence-electron chi connectivity index (χ4n) is 10.6. The van der Waals surface area contributed by atoms with Crippen LogP contribution in [-0.2, 0) is 85.2 Å². The third-order valence-electron chi connectivity index (χ3n) is 14.1. The van der Waals surface area contributed by atoms with Crippen molar-refractivity contribution < 1.29 is 98.3 Å². The third-order valence-corrected chi connectivity index (χ3v) is 18.3. The van der Waals surface area contributed by atoms with Gasteiger partial charge >= 0.3 is 5.97 Å². The molecule has 23 nitrogen and oxygen atoms in total. The molecule has 0 saturated carbocycles. The van der Waals surface area contributed by atoms with Gasteiger partial charge in [-0.15, -0.1) is 0 Å². The van der Waals surface area contributed by atoms with Crippen molar-refractivity contribution in [3.8, 4) is 0 Å². The number of rotatable bonds is 31. The van der Waals surface area contributed by atoms with E-state index in [2.05, 4.69) is 0 Å². The van der Waals surface area contributed by atoms with E-state index in [1.54, 1.807) is 74.5 Å². The minimum absolute atomic E-state index is 0.0144. The average Bonchev–Trinajstić information content (AvgIpc) is 3.98. The lowest BCUT2D eigenvalue weighted by Crippen LogP contribution is -2.33. The quantitative estimate of drug-likeness (QED) is 0.0286. The first kappa shape index (κ1) is 64.9. The van der Waals surface area contributed by atoms with E-state index in [-0.39, 0.29) is 92.3 Å². The number of aliphatic carboxylic acids is 1. The molecule has 0 radical (unpaired) electrons. The van der Waals surface area contributed by atoms with Crippen LogP contribution in [0.4, 0.5) is 11.4 Å². The van der Waals surface area contributed by atoms with Gasteiger partial charge in [-0.2, -0.15) is 4.58 Å². The molecule has 0 aliphatic carbocycles. The van der Waals surface area contributed by atoms with E-state index in [0.717, 1.165) is 12.1 Å². The Hall–Kier alpha value is -5.31. The van der Waals surface area contributed by atoms with Crippen LogP contribution < -0.4 is 4.90 Å². The zero-order valence-corrected chi connectivity index (χ0v) is 48.8. The maximum atomic E-state index is 12.7. The van der Waals surface area contributed by atoms with Gasteiger partial charge in [0.2, 0.25) is 5.69 Å². The highest BCUT2D eigenvalue weighted by Crippen LogP contribution is 2.54. The number of carboxylic acids is 1. The number of carbonyl (C=O) groups is 1. The molecule has 0 bridgehead atoms. The Labute approximate surface area is 472 Å². The Bertz CT molecular complexity index is 3780. The van der Waals surface area contributed by atoms with Gasteiger partial charge in [0.1, 0.15) is 47.0 Å². The van der Waals surface area contributed by atoms with Crippen molar-refractivity contribution in [1.29, 1.82) is 0 Å². The summed E-state index contributed by atoms with van der Waals surface area (Å²) < 4.78 is 210. The molecule has 2 atom stereocenters. The summed E-state index contributed by atoms with van der Waals surface area (Å²) in [5, 5.41) is 8.96. The van der Waals surface area contributed by atoms with Crippen LogP contribution in [0.1, 0.15) is 76.8 Å². The summed E-state index contributed by atoms with van der Waals surface area (Å²) in [6, 6.07) is 8.86. The summed E-state index contributed by atoms with van der Waals surface area (Å²) in [5.41, 5.74) is 0.241. The Morgan fingerprint density at radius 3 is 1.67 bits per heavy atom. The molecule has 81 heavy (non-hydrogen) atoms. The Morgan fingerprint density at radius 1 is 0.605 bits per heavy atom. The molecular weight excluding hydrogens is 1160 g/mol. The summed E-state index contributed by atoms with van der Waals surface area (Å²) in [7, 11) is -24.5. The van der Waals surface area contributed by atoms with Crippen molar-refractivity contribution in [2.45, 2.75) is 96.1 Å². The van der Waals surface area contributed by atoms with Crippen molar-refractivity contribution in [3.05, 3.63) is 108 Å². The number of ether oxygens (including phenoxy) is 4. The number of carboxylic acid groups (broad SMARTS) is 1. The topological polar surface area (TPSA) is 366 Å². The number of hydrogen-bond acceptors (Lipinski definition) is 21. The number of methoxy groups -OCH3 is 1. The van der Waals surface area contributed by atoms with Crippen LogP contribution >= 0.6 is 0 Å². The summed E-state index contributed by atoms with van der Waals surface area (Å²) in [5.74, 6) is -1.76. The molecule has 4 aromatic rings. The lowest BCUT2D eigenvalue weighted by atomic mass is 9.75.